The number of rotatable bonds is 5. The van der Waals surface area contributed by atoms with Gasteiger partial charge in [0.1, 0.15) is 0 Å². The van der Waals surface area contributed by atoms with Crippen molar-refractivity contribution in [2.24, 2.45) is 5.92 Å². The van der Waals surface area contributed by atoms with Crippen molar-refractivity contribution in [3.63, 3.8) is 0 Å². The summed E-state index contributed by atoms with van der Waals surface area (Å²) in [6.07, 6.45) is -0.656. The van der Waals surface area contributed by atoms with Gasteiger partial charge in [-0.05, 0) is 37.0 Å². The van der Waals surface area contributed by atoms with Gasteiger partial charge in [-0.25, -0.2) is 4.98 Å². The number of aromatic nitrogens is 4. The summed E-state index contributed by atoms with van der Waals surface area (Å²) in [7, 11) is 0. The molecule has 8 nitrogen and oxygen atoms in total. The fraction of sp³-hybridized carbons (Fsp3) is 0.500. The van der Waals surface area contributed by atoms with Crippen molar-refractivity contribution in [3.05, 3.63) is 46.7 Å². The predicted molar refractivity (Wildman–Crippen MR) is 106 cm³/mol. The van der Waals surface area contributed by atoms with Crippen LogP contribution in [0.3, 0.4) is 0 Å². The number of fused-ring (bicyclic) bond motifs is 1. The van der Waals surface area contributed by atoms with E-state index in [-0.39, 0.29) is 18.0 Å². The molecule has 0 bridgehead atoms. The van der Waals surface area contributed by atoms with Gasteiger partial charge in [-0.3, -0.25) is 14.3 Å². The summed E-state index contributed by atoms with van der Waals surface area (Å²) in [5, 5.41) is 7.17. The molecule has 164 valence electrons. The van der Waals surface area contributed by atoms with Gasteiger partial charge >= 0.3 is 12.1 Å². The van der Waals surface area contributed by atoms with Gasteiger partial charge in [-0.2, -0.15) is 13.2 Å². The van der Waals surface area contributed by atoms with E-state index in [0.717, 1.165) is 12.2 Å². The van der Waals surface area contributed by atoms with Crippen LogP contribution >= 0.6 is 0 Å². The molecule has 0 unspecified atom stereocenters. The van der Waals surface area contributed by atoms with E-state index in [9.17, 15) is 18.0 Å². The molecular weight excluding hydrogens is 413 g/mol. The normalized spacial score (nSPS) is 18.1. The van der Waals surface area contributed by atoms with Crippen molar-refractivity contribution >= 4 is 16.6 Å². The Balaban J connectivity index is 1.23. The summed E-state index contributed by atoms with van der Waals surface area (Å²) in [4.78, 5) is 21.3. The third kappa shape index (κ3) is 4.27. The van der Waals surface area contributed by atoms with Crippen LogP contribution in [0.1, 0.15) is 24.6 Å². The van der Waals surface area contributed by atoms with Gasteiger partial charge in [0.25, 0.3) is 5.56 Å². The topological polar surface area (TPSA) is 80.3 Å². The second-order valence-corrected chi connectivity index (χ2v) is 8.11. The number of alkyl halides is 3. The zero-order chi connectivity index (χ0) is 21.6. The standard InChI is InChI=1S/C20H21F3N6O2/c21-20(22,23)19-26-25-17(31-19)11-27-5-7-28(8-6-27)14-3-4-15-16(9-14)24-12-29(18(15)30)10-13-1-2-13/h3-4,9,12-13H,1-2,5-8,10-11H2. The molecule has 2 aliphatic rings. The average Bonchev–Trinajstić information content (AvgIpc) is 3.44. The molecule has 1 saturated carbocycles. The number of halogens is 3. The number of nitrogens with zero attached hydrogens (tertiary/aromatic N) is 6. The number of benzene rings is 1. The highest BCUT2D eigenvalue weighted by Gasteiger charge is 2.38. The van der Waals surface area contributed by atoms with Gasteiger partial charge in [0, 0.05) is 38.4 Å². The van der Waals surface area contributed by atoms with Gasteiger partial charge in [0.05, 0.1) is 23.8 Å². The minimum absolute atomic E-state index is 0.00828. The maximum atomic E-state index is 12.7. The van der Waals surface area contributed by atoms with Crippen LogP contribution < -0.4 is 10.5 Å². The maximum absolute atomic E-state index is 12.7. The largest absolute Gasteiger partial charge is 0.470 e. The lowest BCUT2D eigenvalue weighted by Crippen LogP contribution is -2.46. The number of anilines is 1. The second kappa shape index (κ2) is 7.63. The van der Waals surface area contributed by atoms with E-state index in [1.807, 2.05) is 23.1 Å². The Kier molecular flexibility index (Phi) is 4.92. The predicted octanol–water partition coefficient (Wildman–Crippen LogP) is 2.53. The molecule has 0 spiro atoms. The molecule has 5 rings (SSSR count). The van der Waals surface area contributed by atoms with Crippen molar-refractivity contribution in [2.45, 2.75) is 32.1 Å². The molecule has 2 aromatic heterocycles. The van der Waals surface area contributed by atoms with Gasteiger partial charge in [0.15, 0.2) is 0 Å². The van der Waals surface area contributed by atoms with Crippen molar-refractivity contribution in [3.8, 4) is 0 Å². The molecule has 1 aliphatic carbocycles. The molecule has 1 aromatic carbocycles. The fourth-order valence-electron chi connectivity index (χ4n) is 3.84. The van der Waals surface area contributed by atoms with E-state index in [0.29, 0.717) is 43.0 Å². The van der Waals surface area contributed by atoms with Gasteiger partial charge in [0.2, 0.25) is 5.89 Å². The highest BCUT2D eigenvalue weighted by Crippen LogP contribution is 2.30. The minimum atomic E-state index is -4.63. The zero-order valence-corrected chi connectivity index (χ0v) is 16.7. The van der Waals surface area contributed by atoms with Gasteiger partial charge < -0.3 is 9.32 Å². The Morgan fingerprint density at radius 2 is 1.87 bits per heavy atom. The van der Waals surface area contributed by atoms with Gasteiger partial charge in [-0.1, -0.05) is 0 Å². The molecular formula is C20H21F3N6O2. The highest BCUT2D eigenvalue weighted by molar-refractivity contribution is 5.81. The van der Waals surface area contributed by atoms with Crippen LogP contribution in [0.4, 0.5) is 18.9 Å². The van der Waals surface area contributed by atoms with Crippen molar-refractivity contribution in [2.75, 3.05) is 31.1 Å². The van der Waals surface area contributed by atoms with E-state index in [4.69, 9.17) is 4.42 Å². The summed E-state index contributed by atoms with van der Waals surface area (Å²) < 4.78 is 44.2. The van der Waals surface area contributed by atoms with Crippen LogP contribution in [0, 0.1) is 5.92 Å². The lowest BCUT2D eigenvalue weighted by atomic mass is 10.2. The monoisotopic (exact) mass is 434 g/mol. The molecule has 0 radical (unpaired) electrons. The van der Waals surface area contributed by atoms with Crippen LogP contribution in [0.25, 0.3) is 10.9 Å². The summed E-state index contributed by atoms with van der Waals surface area (Å²) in [6, 6.07) is 5.67. The third-order valence-corrected chi connectivity index (χ3v) is 5.77. The first-order valence-corrected chi connectivity index (χ1v) is 10.2. The Hall–Kier alpha value is -2.95. The van der Waals surface area contributed by atoms with Crippen molar-refractivity contribution in [1.82, 2.24) is 24.6 Å². The molecule has 0 amide bonds. The van der Waals surface area contributed by atoms with E-state index in [1.165, 1.54) is 12.8 Å². The molecule has 3 heterocycles. The smallest absolute Gasteiger partial charge is 0.416 e. The quantitative estimate of drug-likeness (QED) is 0.611. The molecule has 2 fully saturated rings. The minimum Gasteiger partial charge on any atom is -0.416 e. The number of hydrogen-bond donors (Lipinski definition) is 0. The molecule has 1 saturated heterocycles. The van der Waals surface area contributed by atoms with Crippen LogP contribution in [-0.2, 0) is 19.3 Å². The number of piperazine rings is 1. The first-order chi connectivity index (χ1) is 14.9. The van der Waals surface area contributed by atoms with Gasteiger partial charge in [-0.15, -0.1) is 10.2 Å². The van der Waals surface area contributed by atoms with Crippen LogP contribution in [0.2, 0.25) is 0 Å². The van der Waals surface area contributed by atoms with Crippen molar-refractivity contribution in [1.29, 1.82) is 0 Å². The van der Waals surface area contributed by atoms with Crippen LogP contribution in [-0.4, -0.2) is 50.8 Å². The molecule has 0 atom stereocenters. The molecule has 3 aromatic rings. The lowest BCUT2D eigenvalue weighted by Gasteiger charge is -2.35. The number of hydrogen-bond acceptors (Lipinski definition) is 7. The first-order valence-electron chi connectivity index (χ1n) is 10.2. The third-order valence-electron chi connectivity index (χ3n) is 5.77. The molecule has 0 N–H and O–H groups in total. The van der Waals surface area contributed by atoms with E-state index in [2.05, 4.69) is 20.1 Å². The van der Waals surface area contributed by atoms with E-state index >= 15 is 0 Å². The first kappa shape index (κ1) is 20.0. The Labute approximate surface area is 175 Å². The summed E-state index contributed by atoms with van der Waals surface area (Å²) in [5.41, 5.74) is 1.63. The fourth-order valence-corrected chi connectivity index (χ4v) is 3.84. The van der Waals surface area contributed by atoms with E-state index in [1.54, 1.807) is 10.9 Å². The Bertz CT molecular complexity index is 1150. The Morgan fingerprint density at radius 3 is 2.55 bits per heavy atom. The highest BCUT2D eigenvalue weighted by atomic mass is 19.4. The summed E-state index contributed by atoms with van der Waals surface area (Å²) in [5.74, 6) is -0.765. The maximum Gasteiger partial charge on any atom is 0.470 e. The van der Waals surface area contributed by atoms with E-state index < -0.39 is 12.1 Å². The molecule has 11 heteroatoms. The van der Waals surface area contributed by atoms with Crippen LogP contribution in [0.15, 0.2) is 33.7 Å². The lowest BCUT2D eigenvalue weighted by molar-refractivity contribution is -0.157. The summed E-state index contributed by atoms with van der Waals surface area (Å²) in [6.45, 7) is 3.55. The SMILES string of the molecule is O=c1c2ccc(N3CCN(Cc4nnc(C(F)(F)F)o4)CC3)cc2ncn1CC1CC1. The van der Waals surface area contributed by atoms with Crippen LogP contribution in [0.5, 0.6) is 0 Å². The average molecular weight is 434 g/mol. The summed E-state index contributed by atoms with van der Waals surface area (Å²) >= 11 is 0. The second-order valence-electron chi connectivity index (χ2n) is 8.11. The van der Waals surface area contributed by atoms with Crippen molar-refractivity contribution < 1.29 is 17.6 Å². The molecule has 1 aliphatic heterocycles. The molecule has 31 heavy (non-hydrogen) atoms. The Morgan fingerprint density at radius 1 is 1.10 bits per heavy atom. The zero-order valence-electron chi connectivity index (χ0n) is 16.7.